The number of amides is 1. The number of methoxy groups -OCH3 is 1. The van der Waals surface area contributed by atoms with Crippen LogP contribution in [0.4, 0.5) is 5.00 Å². The average molecular weight is 402 g/mol. The first-order valence-corrected chi connectivity index (χ1v) is 9.97. The van der Waals surface area contributed by atoms with Crippen molar-refractivity contribution in [3.63, 3.8) is 0 Å². The molecule has 1 aromatic heterocycles. The van der Waals surface area contributed by atoms with E-state index >= 15 is 0 Å². The Kier molecular flexibility index (Phi) is 5.87. The number of anilines is 1. The number of nitrogens with one attached hydrogen (secondary N) is 1. The molecule has 0 unspecified atom stereocenters. The van der Waals surface area contributed by atoms with Crippen LogP contribution in [-0.2, 0) is 19.4 Å². The molecule has 0 saturated carbocycles. The summed E-state index contributed by atoms with van der Waals surface area (Å²) in [6, 6.07) is 5.55. The van der Waals surface area contributed by atoms with E-state index in [0.717, 1.165) is 4.88 Å². The number of hydrogen-bond acceptors (Lipinski definition) is 6. The number of hydrogen-bond donors (Lipinski definition) is 1. The van der Waals surface area contributed by atoms with E-state index in [-0.39, 0.29) is 15.5 Å². The second-order valence-electron chi connectivity index (χ2n) is 5.24. The number of ether oxygens (including phenoxy) is 1. The normalized spacial score (nSPS) is 11.2. The molecule has 0 aliphatic rings. The van der Waals surface area contributed by atoms with Crippen molar-refractivity contribution in [1.29, 1.82) is 0 Å². The summed E-state index contributed by atoms with van der Waals surface area (Å²) < 4.78 is 29.3. The highest BCUT2D eigenvalue weighted by atomic mass is 35.5. The number of sulfone groups is 1. The lowest BCUT2D eigenvalue weighted by atomic mass is 10.1. The third-order valence-corrected chi connectivity index (χ3v) is 6.53. The topological polar surface area (TPSA) is 89.5 Å². The smallest absolute Gasteiger partial charge is 0.341 e. The van der Waals surface area contributed by atoms with Gasteiger partial charge in [-0.3, -0.25) is 4.79 Å². The number of benzene rings is 1. The van der Waals surface area contributed by atoms with Gasteiger partial charge in [-0.1, -0.05) is 11.6 Å². The van der Waals surface area contributed by atoms with Gasteiger partial charge in [-0.2, -0.15) is 0 Å². The standard InChI is InChI=1S/C16H16ClNO5S2/c1-9-10(2)24-15(14(9)16(20)23-3)18-13(19)8-25(21,22)12-6-4-11(17)5-7-12/h4-7H,8H2,1-3H3,(H,18,19). The van der Waals surface area contributed by atoms with Crippen molar-refractivity contribution in [2.45, 2.75) is 18.7 Å². The van der Waals surface area contributed by atoms with Crippen molar-refractivity contribution >= 4 is 49.7 Å². The van der Waals surface area contributed by atoms with Crippen LogP contribution in [-0.4, -0.2) is 33.2 Å². The van der Waals surface area contributed by atoms with Crippen molar-refractivity contribution in [2.75, 3.05) is 18.2 Å². The van der Waals surface area contributed by atoms with Gasteiger partial charge in [0.05, 0.1) is 17.6 Å². The lowest BCUT2D eigenvalue weighted by Crippen LogP contribution is -2.23. The van der Waals surface area contributed by atoms with Crippen LogP contribution >= 0.6 is 22.9 Å². The molecule has 25 heavy (non-hydrogen) atoms. The minimum absolute atomic E-state index is 0.00113. The van der Waals surface area contributed by atoms with Crippen LogP contribution in [0.3, 0.4) is 0 Å². The third-order valence-electron chi connectivity index (χ3n) is 3.52. The van der Waals surface area contributed by atoms with Crippen molar-refractivity contribution in [3.8, 4) is 0 Å². The second kappa shape index (κ2) is 7.55. The molecular weight excluding hydrogens is 386 g/mol. The molecule has 0 spiro atoms. The fraction of sp³-hybridized carbons (Fsp3) is 0.250. The highest BCUT2D eigenvalue weighted by Crippen LogP contribution is 2.33. The van der Waals surface area contributed by atoms with Gasteiger partial charge in [0.2, 0.25) is 5.91 Å². The van der Waals surface area contributed by atoms with Crippen LogP contribution in [0.15, 0.2) is 29.2 Å². The quantitative estimate of drug-likeness (QED) is 0.777. The van der Waals surface area contributed by atoms with E-state index in [4.69, 9.17) is 16.3 Å². The van der Waals surface area contributed by atoms with E-state index in [9.17, 15) is 18.0 Å². The first-order valence-electron chi connectivity index (χ1n) is 7.12. The maximum Gasteiger partial charge on any atom is 0.341 e. The molecule has 9 heteroatoms. The maximum atomic E-state index is 12.3. The molecule has 1 N–H and O–H groups in total. The van der Waals surface area contributed by atoms with Gasteiger partial charge in [0.15, 0.2) is 9.84 Å². The van der Waals surface area contributed by atoms with E-state index in [1.807, 2.05) is 0 Å². The monoisotopic (exact) mass is 401 g/mol. The Labute approximate surface area is 154 Å². The lowest BCUT2D eigenvalue weighted by molar-refractivity contribution is -0.113. The van der Waals surface area contributed by atoms with Crippen molar-refractivity contribution in [2.24, 2.45) is 0 Å². The summed E-state index contributed by atoms with van der Waals surface area (Å²) in [5.41, 5.74) is 0.926. The predicted molar refractivity (Wildman–Crippen MR) is 97.3 cm³/mol. The van der Waals surface area contributed by atoms with Gasteiger partial charge >= 0.3 is 5.97 Å². The maximum absolute atomic E-state index is 12.3. The first kappa shape index (κ1) is 19.4. The molecule has 0 saturated heterocycles. The number of esters is 1. The largest absolute Gasteiger partial charge is 0.465 e. The van der Waals surface area contributed by atoms with Gasteiger partial charge in [-0.05, 0) is 43.7 Å². The Balaban J connectivity index is 2.22. The highest BCUT2D eigenvalue weighted by Gasteiger charge is 2.24. The number of carbonyl (C=O) groups is 2. The predicted octanol–water partition coefficient (Wildman–Crippen LogP) is 3.22. The number of halogens is 1. The summed E-state index contributed by atoms with van der Waals surface area (Å²) in [6.45, 7) is 3.53. The van der Waals surface area contributed by atoms with Crippen molar-refractivity contribution in [3.05, 3.63) is 45.3 Å². The number of rotatable bonds is 5. The van der Waals surface area contributed by atoms with Crippen LogP contribution in [0, 0.1) is 13.8 Å². The Morgan fingerprint density at radius 3 is 2.36 bits per heavy atom. The van der Waals surface area contributed by atoms with E-state index in [0.29, 0.717) is 10.6 Å². The van der Waals surface area contributed by atoms with Gasteiger partial charge in [-0.15, -0.1) is 11.3 Å². The summed E-state index contributed by atoms with van der Waals surface area (Å²) in [4.78, 5) is 24.9. The van der Waals surface area contributed by atoms with Gasteiger partial charge in [-0.25, -0.2) is 13.2 Å². The van der Waals surface area contributed by atoms with Gasteiger partial charge in [0, 0.05) is 9.90 Å². The Hall–Kier alpha value is -1.90. The molecule has 2 rings (SSSR count). The fourth-order valence-electron chi connectivity index (χ4n) is 2.12. The molecule has 0 fully saturated rings. The zero-order chi connectivity index (χ0) is 18.8. The first-order chi connectivity index (χ1) is 11.7. The number of aryl methyl sites for hydroxylation is 1. The minimum atomic E-state index is -3.82. The van der Waals surface area contributed by atoms with Crippen molar-refractivity contribution < 1.29 is 22.7 Å². The SMILES string of the molecule is COC(=O)c1c(NC(=O)CS(=O)(=O)c2ccc(Cl)cc2)sc(C)c1C. The summed E-state index contributed by atoms with van der Waals surface area (Å²) in [5.74, 6) is -2.07. The summed E-state index contributed by atoms with van der Waals surface area (Å²) in [7, 11) is -2.58. The summed E-state index contributed by atoms with van der Waals surface area (Å²) >= 11 is 6.93. The Bertz CT molecular complexity index is 917. The minimum Gasteiger partial charge on any atom is -0.465 e. The lowest BCUT2D eigenvalue weighted by Gasteiger charge is -2.07. The zero-order valence-electron chi connectivity index (χ0n) is 13.8. The molecule has 1 aromatic carbocycles. The third kappa shape index (κ3) is 4.39. The molecule has 1 heterocycles. The molecule has 0 radical (unpaired) electrons. The van der Waals surface area contributed by atoms with Gasteiger partial charge in [0.25, 0.3) is 0 Å². The Morgan fingerprint density at radius 2 is 1.80 bits per heavy atom. The molecule has 1 amide bonds. The van der Waals surface area contributed by atoms with Crippen LogP contribution in [0.25, 0.3) is 0 Å². The molecule has 134 valence electrons. The average Bonchev–Trinajstić information content (AvgIpc) is 2.80. The molecule has 2 aromatic rings. The van der Waals surface area contributed by atoms with Crippen LogP contribution in [0.2, 0.25) is 5.02 Å². The molecular formula is C16H16ClNO5S2. The number of thiophene rings is 1. The highest BCUT2D eigenvalue weighted by molar-refractivity contribution is 7.92. The van der Waals surface area contributed by atoms with E-state index in [1.165, 1.54) is 42.7 Å². The number of carbonyl (C=O) groups excluding carboxylic acids is 2. The molecule has 0 bridgehead atoms. The Morgan fingerprint density at radius 1 is 1.20 bits per heavy atom. The van der Waals surface area contributed by atoms with Crippen molar-refractivity contribution in [1.82, 2.24) is 0 Å². The van der Waals surface area contributed by atoms with Gasteiger partial charge in [0.1, 0.15) is 10.8 Å². The van der Waals surface area contributed by atoms with Crippen LogP contribution in [0.5, 0.6) is 0 Å². The van der Waals surface area contributed by atoms with E-state index < -0.39 is 27.5 Å². The summed E-state index contributed by atoms with van der Waals surface area (Å²) in [5, 5.41) is 3.17. The summed E-state index contributed by atoms with van der Waals surface area (Å²) in [6.07, 6.45) is 0. The molecule has 0 atom stereocenters. The zero-order valence-corrected chi connectivity index (χ0v) is 16.1. The second-order valence-corrected chi connectivity index (χ2v) is 8.89. The fourth-order valence-corrected chi connectivity index (χ4v) is 4.45. The van der Waals surface area contributed by atoms with Gasteiger partial charge < -0.3 is 10.1 Å². The van der Waals surface area contributed by atoms with E-state index in [1.54, 1.807) is 13.8 Å². The molecule has 0 aliphatic heterocycles. The molecule has 0 aliphatic carbocycles. The molecule has 6 nitrogen and oxygen atoms in total. The van der Waals surface area contributed by atoms with Crippen LogP contribution < -0.4 is 5.32 Å². The van der Waals surface area contributed by atoms with Crippen LogP contribution in [0.1, 0.15) is 20.8 Å². The van der Waals surface area contributed by atoms with E-state index in [2.05, 4.69) is 5.32 Å².